The fraction of sp³-hybridized carbons (Fsp3) is 0.263. The standard InChI is InChI=1S/C19H20N2O5/c1-3-9-25-16-11-13(19(24)26-10-4-2)5-6-15(16)21-18(23)17-14(12-22)7-8-20-17/h3-6,11,17,20H,1-2,7-10H2,(H,21,23). The third kappa shape index (κ3) is 4.69. The Balaban J connectivity index is 2.21. The average Bonchev–Trinajstić information content (AvgIpc) is 3.14. The minimum absolute atomic E-state index is 0.0916. The molecule has 2 N–H and O–H groups in total. The van der Waals surface area contributed by atoms with Crippen molar-refractivity contribution in [3.63, 3.8) is 0 Å². The van der Waals surface area contributed by atoms with Crippen molar-refractivity contribution in [1.82, 2.24) is 5.32 Å². The molecule has 1 aromatic carbocycles. The molecule has 2 rings (SSSR count). The van der Waals surface area contributed by atoms with Gasteiger partial charge in [-0.05, 0) is 24.6 Å². The zero-order valence-electron chi connectivity index (χ0n) is 14.2. The highest BCUT2D eigenvalue weighted by molar-refractivity contribution is 6.00. The molecule has 0 bridgehead atoms. The molecule has 0 aromatic heterocycles. The van der Waals surface area contributed by atoms with Crippen LogP contribution >= 0.6 is 0 Å². The number of hydrogen-bond acceptors (Lipinski definition) is 6. The topological polar surface area (TPSA) is 93.7 Å². The first kappa shape index (κ1) is 19.2. The van der Waals surface area contributed by atoms with Gasteiger partial charge in [-0.2, -0.15) is 0 Å². The number of carbonyl (C=O) groups excluding carboxylic acids is 3. The van der Waals surface area contributed by atoms with Crippen molar-refractivity contribution in [2.45, 2.75) is 12.5 Å². The fourth-order valence-corrected chi connectivity index (χ4v) is 2.42. The van der Waals surface area contributed by atoms with Gasteiger partial charge in [0.05, 0.1) is 11.3 Å². The summed E-state index contributed by atoms with van der Waals surface area (Å²) >= 11 is 0. The summed E-state index contributed by atoms with van der Waals surface area (Å²) in [5.74, 6) is 1.17. The minimum Gasteiger partial charge on any atom is -0.487 e. The van der Waals surface area contributed by atoms with Gasteiger partial charge >= 0.3 is 5.97 Å². The summed E-state index contributed by atoms with van der Waals surface area (Å²) < 4.78 is 10.5. The second kappa shape index (κ2) is 9.36. The summed E-state index contributed by atoms with van der Waals surface area (Å²) in [5.41, 5.74) is 1.02. The van der Waals surface area contributed by atoms with E-state index in [2.05, 4.69) is 23.8 Å². The Morgan fingerprint density at radius 3 is 2.77 bits per heavy atom. The highest BCUT2D eigenvalue weighted by Crippen LogP contribution is 2.27. The van der Waals surface area contributed by atoms with Crippen LogP contribution in [0.2, 0.25) is 0 Å². The first-order valence-electron chi connectivity index (χ1n) is 8.04. The number of anilines is 1. The number of benzene rings is 1. The molecule has 1 heterocycles. The molecule has 7 heteroatoms. The maximum atomic E-state index is 12.4. The van der Waals surface area contributed by atoms with Gasteiger partial charge in [0.1, 0.15) is 30.9 Å². The van der Waals surface area contributed by atoms with E-state index in [9.17, 15) is 14.4 Å². The van der Waals surface area contributed by atoms with E-state index in [1.54, 1.807) is 18.1 Å². The van der Waals surface area contributed by atoms with Crippen LogP contribution in [0.1, 0.15) is 16.8 Å². The van der Waals surface area contributed by atoms with Gasteiger partial charge in [0.15, 0.2) is 0 Å². The zero-order valence-corrected chi connectivity index (χ0v) is 14.2. The Bertz CT molecular complexity index is 765. The lowest BCUT2D eigenvalue weighted by molar-refractivity contribution is -0.117. The van der Waals surface area contributed by atoms with Crippen molar-refractivity contribution in [3.8, 4) is 5.75 Å². The minimum atomic E-state index is -0.725. The summed E-state index contributed by atoms with van der Waals surface area (Å²) in [6.45, 7) is 7.88. The monoisotopic (exact) mass is 356 g/mol. The Hall–Kier alpha value is -3.15. The molecule has 136 valence electrons. The third-order valence-corrected chi connectivity index (χ3v) is 3.65. The number of rotatable bonds is 8. The van der Waals surface area contributed by atoms with Gasteiger partial charge in [0, 0.05) is 12.1 Å². The molecular formula is C19H20N2O5. The molecule has 26 heavy (non-hydrogen) atoms. The van der Waals surface area contributed by atoms with Crippen LogP contribution in [-0.2, 0) is 14.3 Å². The Morgan fingerprint density at radius 2 is 2.08 bits per heavy atom. The Labute approximate surface area is 151 Å². The van der Waals surface area contributed by atoms with E-state index in [1.165, 1.54) is 18.2 Å². The Morgan fingerprint density at radius 1 is 1.31 bits per heavy atom. The second-order valence-electron chi connectivity index (χ2n) is 5.45. The van der Waals surface area contributed by atoms with Gasteiger partial charge in [-0.1, -0.05) is 25.3 Å². The van der Waals surface area contributed by atoms with Crippen molar-refractivity contribution >= 4 is 23.5 Å². The highest BCUT2D eigenvalue weighted by Gasteiger charge is 2.29. The quantitative estimate of drug-likeness (QED) is 0.418. The van der Waals surface area contributed by atoms with Crippen LogP contribution in [0.5, 0.6) is 5.75 Å². The smallest absolute Gasteiger partial charge is 0.338 e. The summed E-state index contributed by atoms with van der Waals surface area (Å²) in [6.07, 6.45) is 3.49. The van der Waals surface area contributed by atoms with E-state index in [4.69, 9.17) is 9.47 Å². The SMILES string of the molecule is C=CCOC(=O)c1ccc(NC(=O)C2NCCC2=C=O)c(OCC=C)c1. The maximum absolute atomic E-state index is 12.4. The van der Waals surface area contributed by atoms with Gasteiger partial charge in [0.25, 0.3) is 0 Å². The van der Waals surface area contributed by atoms with Crippen molar-refractivity contribution in [3.05, 3.63) is 54.6 Å². The lowest BCUT2D eigenvalue weighted by Gasteiger charge is -2.15. The van der Waals surface area contributed by atoms with Crippen molar-refractivity contribution in [1.29, 1.82) is 0 Å². The molecule has 0 spiro atoms. The molecule has 1 atom stereocenters. The average molecular weight is 356 g/mol. The molecule has 0 radical (unpaired) electrons. The van der Waals surface area contributed by atoms with Gasteiger partial charge in [-0.25, -0.2) is 9.59 Å². The van der Waals surface area contributed by atoms with Crippen LogP contribution in [0.3, 0.4) is 0 Å². The predicted molar refractivity (Wildman–Crippen MR) is 96.9 cm³/mol. The molecule has 1 aliphatic rings. The van der Waals surface area contributed by atoms with E-state index in [0.717, 1.165) is 0 Å². The molecule has 1 unspecified atom stereocenters. The van der Waals surface area contributed by atoms with E-state index >= 15 is 0 Å². The molecule has 1 amide bonds. The van der Waals surface area contributed by atoms with Gasteiger partial charge in [-0.15, -0.1) is 0 Å². The Kier molecular flexibility index (Phi) is 6.91. The molecule has 1 fully saturated rings. The normalized spacial score (nSPS) is 15.7. The predicted octanol–water partition coefficient (Wildman–Crippen LogP) is 1.65. The van der Waals surface area contributed by atoms with Gasteiger partial charge < -0.3 is 20.1 Å². The number of hydrogen-bond donors (Lipinski definition) is 2. The van der Waals surface area contributed by atoms with Crippen molar-refractivity contribution in [2.75, 3.05) is 25.1 Å². The first-order valence-corrected chi connectivity index (χ1v) is 8.04. The van der Waals surface area contributed by atoms with E-state index < -0.39 is 17.9 Å². The van der Waals surface area contributed by atoms with Crippen LogP contribution in [0, 0.1) is 0 Å². The molecule has 1 aromatic rings. The first-order chi connectivity index (χ1) is 12.6. The van der Waals surface area contributed by atoms with Gasteiger partial charge in [-0.3, -0.25) is 4.79 Å². The highest BCUT2D eigenvalue weighted by atomic mass is 16.5. The number of carbonyl (C=O) groups is 2. The van der Waals surface area contributed by atoms with E-state index in [1.807, 2.05) is 0 Å². The molecule has 7 nitrogen and oxygen atoms in total. The lowest BCUT2D eigenvalue weighted by Crippen LogP contribution is -2.37. The summed E-state index contributed by atoms with van der Waals surface area (Å²) in [7, 11) is 0. The number of amides is 1. The van der Waals surface area contributed by atoms with Crippen LogP contribution in [0.15, 0.2) is 49.1 Å². The van der Waals surface area contributed by atoms with Crippen LogP contribution in [0.4, 0.5) is 5.69 Å². The zero-order chi connectivity index (χ0) is 18.9. The lowest BCUT2D eigenvalue weighted by atomic mass is 10.1. The van der Waals surface area contributed by atoms with E-state index in [-0.39, 0.29) is 18.8 Å². The van der Waals surface area contributed by atoms with Crippen molar-refractivity contribution in [2.24, 2.45) is 0 Å². The fourth-order valence-electron chi connectivity index (χ4n) is 2.42. The van der Waals surface area contributed by atoms with Crippen LogP contribution in [0.25, 0.3) is 0 Å². The van der Waals surface area contributed by atoms with Crippen molar-refractivity contribution < 1.29 is 23.9 Å². The molecule has 1 aliphatic heterocycles. The maximum Gasteiger partial charge on any atom is 0.338 e. The van der Waals surface area contributed by atoms with Gasteiger partial charge in [0.2, 0.25) is 5.91 Å². The molecule has 0 saturated carbocycles. The van der Waals surface area contributed by atoms with E-state index in [0.29, 0.717) is 30.0 Å². The summed E-state index contributed by atoms with van der Waals surface area (Å²) in [5, 5.41) is 5.65. The number of nitrogens with one attached hydrogen (secondary N) is 2. The summed E-state index contributed by atoms with van der Waals surface area (Å²) in [6, 6.07) is 3.81. The van der Waals surface area contributed by atoms with Crippen LogP contribution < -0.4 is 15.4 Å². The second-order valence-corrected chi connectivity index (χ2v) is 5.45. The van der Waals surface area contributed by atoms with Crippen LogP contribution in [-0.4, -0.2) is 43.6 Å². The largest absolute Gasteiger partial charge is 0.487 e. The number of ether oxygens (including phenoxy) is 2. The number of esters is 1. The third-order valence-electron chi connectivity index (χ3n) is 3.65. The summed E-state index contributed by atoms with van der Waals surface area (Å²) in [4.78, 5) is 35.3. The molecule has 1 saturated heterocycles. The molecular weight excluding hydrogens is 336 g/mol. The molecule has 0 aliphatic carbocycles.